The smallest absolute Gasteiger partial charge is 0.133 e. The maximum atomic E-state index is 7.30. The van der Waals surface area contributed by atoms with E-state index in [4.69, 9.17) is 15.9 Å². The number of amidine groups is 1. The van der Waals surface area contributed by atoms with Crippen molar-refractivity contribution in [3.05, 3.63) is 28.2 Å². The van der Waals surface area contributed by atoms with Gasteiger partial charge in [-0.3, -0.25) is 5.41 Å². The van der Waals surface area contributed by atoms with E-state index in [2.05, 4.69) is 15.9 Å². The number of benzene rings is 1. The number of nitrogens with two attached hydrogens (primary N) is 1. The van der Waals surface area contributed by atoms with Gasteiger partial charge >= 0.3 is 0 Å². The number of hydrogen-bond donors (Lipinski definition) is 2. The minimum absolute atomic E-state index is 0.0736. The van der Waals surface area contributed by atoms with Gasteiger partial charge in [-0.1, -0.05) is 0 Å². The Labute approximate surface area is 97.3 Å². The first-order valence-corrected chi connectivity index (χ1v) is 5.73. The topological polar surface area (TPSA) is 59.1 Å². The number of rotatable bonds is 4. The molecule has 0 radical (unpaired) electrons. The molecule has 4 heteroatoms. The second-order valence-corrected chi connectivity index (χ2v) is 4.67. The van der Waals surface area contributed by atoms with Crippen molar-refractivity contribution >= 4 is 21.8 Å². The van der Waals surface area contributed by atoms with Crippen LogP contribution in [-0.4, -0.2) is 12.4 Å². The van der Waals surface area contributed by atoms with Crippen LogP contribution < -0.4 is 10.5 Å². The Bertz CT molecular complexity index is 388. The monoisotopic (exact) mass is 268 g/mol. The molecule has 1 aliphatic carbocycles. The molecule has 80 valence electrons. The molecule has 2 rings (SSSR count). The lowest BCUT2D eigenvalue weighted by Crippen LogP contribution is -2.11. The van der Waals surface area contributed by atoms with Crippen LogP contribution in [0.3, 0.4) is 0 Å². The normalized spacial score (nSPS) is 15.0. The lowest BCUT2D eigenvalue weighted by atomic mass is 10.2. The summed E-state index contributed by atoms with van der Waals surface area (Å²) in [5.74, 6) is 1.64. The fourth-order valence-corrected chi connectivity index (χ4v) is 1.77. The molecule has 0 saturated heterocycles. The van der Waals surface area contributed by atoms with E-state index in [1.165, 1.54) is 12.8 Å². The molecule has 1 aliphatic rings. The van der Waals surface area contributed by atoms with Gasteiger partial charge < -0.3 is 10.5 Å². The van der Waals surface area contributed by atoms with E-state index in [0.717, 1.165) is 22.7 Å². The van der Waals surface area contributed by atoms with Gasteiger partial charge in [0.1, 0.15) is 11.6 Å². The molecule has 0 unspecified atom stereocenters. The Kier molecular flexibility index (Phi) is 2.95. The zero-order valence-electron chi connectivity index (χ0n) is 8.29. The highest BCUT2D eigenvalue weighted by atomic mass is 79.9. The van der Waals surface area contributed by atoms with Crippen LogP contribution in [0.4, 0.5) is 0 Å². The van der Waals surface area contributed by atoms with Crippen molar-refractivity contribution < 1.29 is 4.74 Å². The van der Waals surface area contributed by atoms with Gasteiger partial charge in [-0.15, -0.1) is 0 Å². The number of halogens is 1. The summed E-state index contributed by atoms with van der Waals surface area (Å²) in [6, 6.07) is 5.46. The van der Waals surface area contributed by atoms with E-state index in [1.807, 2.05) is 12.1 Å². The number of nitrogens with one attached hydrogen (secondary N) is 1. The van der Waals surface area contributed by atoms with Gasteiger partial charge in [0.25, 0.3) is 0 Å². The van der Waals surface area contributed by atoms with Crippen molar-refractivity contribution in [2.45, 2.75) is 12.8 Å². The van der Waals surface area contributed by atoms with Crippen molar-refractivity contribution in [2.75, 3.05) is 6.61 Å². The zero-order chi connectivity index (χ0) is 10.8. The van der Waals surface area contributed by atoms with Crippen molar-refractivity contribution in [1.29, 1.82) is 5.41 Å². The van der Waals surface area contributed by atoms with Crippen LogP contribution in [0, 0.1) is 11.3 Å². The molecule has 15 heavy (non-hydrogen) atoms. The van der Waals surface area contributed by atoms with Crippen LogP contribution in [0.2, 0.25) is 0 Å². The lowest BCUT2D eigenvalue weighted by Gasteiger charge is -2.08. The number of nitrogen functional groups attached to an aromatic ring is 1. The standard InChI is InChI=1S/C11H13BrN2O/c12-9-5-8(11(13)14)3-4-10(9)15-6-7-1-2-7/h3-5,7H,1-2,6H2,(H3,13,14). The maximum Gasteiger partial charge on any atom is 0.133 e. The van der Waals surface area contributed by atoms with E-state index < -0.39 is 0 Å². The molecule has 0 bridgehead atoms. The summed E-state index contributed by atoms with van der Waals surface area (Å²) in [6.07, 6.45) is 2.56. The molecular formula is C11H13BrN2O. The molecule has 0 aliphatic heterocycles. The fourth-order valence-electron chi connectivity index (χ4n) is 1.28. The average molecular weight is 269 g/mol. The Hall–Kier alpha value is -1.03. The van der Waals surface area contributed by atoms with Gasteiger partial charge in [0, 0.05) is 5.56 Å². The summed E-state index contributed by atoms with van der Waals surface area (Å²) in [6.45, 7) is 0.790. The second kappa shape index (κ2) is 4.23. The van der Waals surface area contributed by atoms with E-state index in [-0.39, 0.29) is 5.84 Å². The molecule has 0 atom stereocenters. The van der Waals surface area contributed by atoms with Gasteiger partial charge in [0.05, 0.1) is 11.1 Å². The highest BCUT2D eigenvalue weighted by Gasteiger charge is 2.22. The minimum atomic E-state index is 0.0736. The lowest BCUT2D eigenvalue weighted by molar-refractivity contribution is 0.298. The summed E-state index contributed by atoms with van der Waals surface area (Å²) < 4.78 is 6.49. The van der Waals surface area contributed by atoms with Gasteiger partial charge in [0.2, 0.25) is 0 Å². The summed E-state index contributed by atoms with van der Waals surface area (Å²) in [5, 5.41) is 7.30. The van der Waals surface area contributed by atoms with E-state index in [0.29, 0.717) is 5.56 Å². The quantitative estimate of drug-likeness (QED) is 0.651. The van der Waals surface area contributed by atoms with Gasteiger partial charge in [-0.2, -0.15) is 0 Å². The Morgan fingerprint density at radius 3 is 2.80 bits per heavy atom. The van der Waals surface area contributed by atoms with Crippen LogP contribution in [0.5, 0.6) is 5.75 Å². The Balaban J connectivity index is 2.07. The van der Waals surface area contributed by atoms with Crippen molar-refractivity contribution in [3.63, 3.8) is 0 Å². The predicted octanol–water partition coefficient (Wildman–Crippen LogP) is 2.52. The van der Waals surface area contributed by atoms with Crippen molar-refractivity contribution in [2.24, 2.45) is 11.7 Å². The molecule has 1 aromatic carbocycles. The Morgan fingerprint density at radius 2 is 2.27 bits per heavy atom. The molecule has 3 nitrogen and oxygen atoms in total. The van der Waals surface area contributed by atoms with E-state index in [1.54, 1.807) is 6.07 Å². The second-order valence-electron chi connectivity index (χ2n) is 3.81. The molecule has 1 fully saturated rings. The maximum absolute atomic E-state index is 7.30. The Morgan fingerprint density at radius 1 is 1.53 bits per heavy atom. The van der Waals surface area contributed by atoms with Crippen LogP contribution in [0.1, 0.15) is 18.4 Å². The number of ether oxygens (including phenoxy) is 1. The van der Waals surface area contributed by atoms with Gasteiger partial charge in [0.15, 0.2) is 0 Å². The highest BCUT2D eigenvalue weighted by Crippen LogP contribution is 2.32. The highest BCUT2D eigenvalue weighted by molar-refractivity contribution is 9.10. The third kappa shape index (κ3) is 2.72. The molecule has 1 aromatic rings. The van der Waals surface area contributed by atoms with Crippen molar-refractivity contribution in [1.82, 2.24) is 0 Å². The third-order valence-electron chi connectivity index (χ3n) is 2.41. The first kappa shape index (κ1) is 10.5. The predicted molar refractivity (Wildman–Crippen MR) is 63.4 cm³/mol. The largest absolute Gasteiger partial charge is 0.492 e. The van der Waals surface area contributed by atoms with Crippen LogP contribution in [0.15, 0.2) is 22.7 Å². The number of hydrogen-bond acceptors (Lipinski definition) is 2. The zero-order valence-corrected chi connectivity index (χ0v) is 9.88. The van der Waals surface area contributed by atoms with E-state index in [9.17, 15) is 0 Å². The molecular weight excluding hydrogens is 256 g/mol. The molecule has 3 N–H and O–H groups in total. The summed E-state index contributed by atoms with van der Waals surface area (Å²) in [4.78, 5) is 0. The van der Waals surface area contributed by atoms with Crippen LogP contribution in [-0.2, 0) is 0 Å². The summed E-state index contributed by atoms with van der Waals surface area (Å²) in [7, 11) is 0. The van der Waals surface area contributed by atoms with Gasteiger partial charge in [-0.25, -0.2) is 0 Å². The fraction of sp³-hybridized carbons (Fsp3) is 0.364. The minimum Gasteiger partial charge on any atom is -0.492 e. The first-order valence-electron chi connectivity index (χ1n) is 4.93. The van der Waals surface area contributed by atoms with E-state index >= 15 is 0 Å². The van der Waals surface area contributed by atoms with Gasteiger partial charge in [-0.05, 0) is 52.9 Å². The summed E-state index contributed by atoms with van der Waals surface area (Å²) in [5.41, 5.74) is 6.10. The average Bonchev–Trinajstić information content (AvgIpc) is 2.99. The summed E-state index contributed by atoms with van der Waals surface area (Å²) >= 11 is 3.41. The van der Waals surface area contributed by atoms with Crippen LogP contribution >= 0.6 is 15.9 Å². The van der Waals surface area contributed by atoms with Crippen molar-refractivity contribution in [3.8, 4) is 5.75 Å². The third-order valence-corrected chi connectivity index (χ3v) is 3.03. The molecule has 0 amide bonds. The SMILES string of the molecule is N=C(N)c1ccc(OCC2CC2)c(Br)c1. The molecule has 0 spiro atoms. The molecule has 0 aromatic heterocycles. The molecule has 0 heterocycles. The molecule has 1 saturated carbocycles. The first-order chi connectivity index (χ1) is 7.16. The van der Waals surface area contributed by atoms with Crippen LogP contribution in [0.25, 0.3) is 0 Å².